The van der Waals surface area contributed by atoms with E-state index in [1.165, 1.54) is 0 Å². The second kappa shape index (κ2) is 5.80. The fourth-order valence-corrected chi connectivity index (χ4v) is 2.09. The average Bonchev–Trinajstić information content (AvgIpc) is 2.83. The van der Waals surface area contributed by atoms with E-state index < -0.39 is 0 Å². The van der Waals surface area contributed by atoms with Gasteiger partial charge in [-0.15, -0.1) is 0 Å². The second-order valence-electron chi connectivity index (χ2n) is 4.36. The Balaban J connectivity index is 1.79. The van der Waals surface area contributed by atoms with Gasteiger partial charge < -0.3 is 4.74 Å². The van der Waals surface area contributed by atoms with Gasteiger partial charge in [-0.3, -0.25) is 0 Å². The predicted molar refractivity (Wildman–Crippen MR) is 79.3 cm³/mol. The first kappa shape index (κ1) is 12.8. The maximum absolute atomic E-state index is 6.30. The van der Waals surface area contributed by atoms with E-state index in [0.717, 1.165) is 11.3 Å². The molecule has 0 atom stereocenters. The lowest BCUT2D eigenvalue weighted by Gasteiger charge is -2.05. The lowest BCUT2D eigenvalue weighted by atomic mass is 10.2. The summed E-state index contributed by atoms with van der Waals surface area (Å²) in [4.78, 5) is 0. The highest BCUT2D eigenvalue weighted by molar-refractivity contribution is 6.31. The Morgan fingerprint density at radius 1 is 0.950 bits per heavy atom. The zero-order chi connectivity index (χ0) is 13.8. The van der Waals surface area contributed by atoms with Gasteiger partial charge in [0.05, 0.1) is 12.7 Å². The molecule has 0 aliphatic rings. The van der Waals surface area contributed by atoms with Crippen molar-refractivity contribution in [1.29, 1.82) is 0 Å². The lowest BCUT2D eigenvalue weighted by molar-refractivity contribution is 0.482. The molecule has 3 aromatic rings. The van der Waals surface area contributed by atoms with Crippen LogP contribution in [-0.4, -0.2) is 9.78 Å². The number of aromatic nitrogens is 2. The van der Waals surface area contributed by atoms with Gasteiger partial charge in [0.15, 0.2) is 10.9 Å². The van der Waals surface area contributed by atoms with Gasteiger partial charge in [0.25, 0.3) is 0 Å². The van der Waals surface area contributed by atoms with E-state index in [9.17, 15) is 0 Å². The highest BCUT2D eigenvalue weighted by atomic mass is 35.5. The third-order valence-electron chi connectivity index (χ3n) is 2.89. The normalized spacial score (nSPS) is 10.4. The molecule has 4 heteroatoms. The van der Waals surface area contributed by atoms with Crippen LogP contribution in [0, 0.1) is 0 Å². The Bertz CT molecular complexity index is 621. The van der Waals surface area contributed by atoms with Crippen molar-refractivity contribution in [3.8, 4) is 11.5 Å². The van der Waals surface area contributed by atoms with Crippen LogP contribution in [-0.2, 0) is 6.54 Å². The van der Waals surface area contributed by atoms with Crippen molar-refractivity contribution in [1.82, 2.24) is 9.78 Å². The molecule has 0 aliphatic heterocycles. The smallest absolute Gasteiger partial charge is 0.184 e. The van der Waals surface area contributed by atoms with E-state index in [2.05, 4.69) is 5.10 Å². The minimum absolute atomic E-state index is 0.498. The van der Waals surface area contributed by atoms with Crippen LogP contribution in [0.15, 0.2) is 66.9 Å². The molecule has 0 saturated carbocycles. The van der Waals surface area contributed by atoms with Crippen LogP contribution in [0.25, 0.3) is 0 Å². The van der Waals surface area contributed by atoms with Crippen molar-refractivity contribution in [2.24, 2.45) is 0 Å². The number of hydrogen-bond acceptors (Lipinski definition) is 2. The summed E-state index contributed by atoms with van der Waals surface area (Å²) >= 11 is 6.30. The highest BCUT2D eigenvalue weighted by Gasteiger charge is 2.10. The fraction of sp³-hybridized carbons (Fsp3) is 0.0625. The minimum Gasteiger partial charge on any atom is -0.452 e. The Morgan fingerprint density at radius 3 is 2.30 bits per heavy atom. The third-order valence-corrected chi connectivity index (χ3v) is 3.27. The first-order valence-electron chi connectivity index (χ1n) is 6.31. The van der Waals surface area contributed by atoms with Crippen LogP contribution in [0.2, 0.25) is 5.15 Å². The van der Waals surface area contributed by atoms with Crippen molar-refractivity contribution in [3.63, 3.8) is 0 Å². The summed E-state index contributed by atoms with van der Waals surface area (Å²) in [5.74, 6) is 1.31. The van der Waals surface area contributed by atoms with Gasteiger partial charge >= 0.3 is 0 Å². The standard InChI is InChI=1S/C16H13ClN2O/c17-16-15(20-14-9-5-2-6-10-14)11-18-19(16)12-13-7-3-1-4-8-13/h1-11H,12H2. The van der Waals surface area contributed by atoms with E-state index in [1.54, 1.807) is 10.9 Å². The number of nitrogens with zero attached hydrogens (tertiary/aromatic N) is 2. The van der Waals surface area contributed by atoms with Crippen molar-refractivity contribution in [2.75, 3.05) is 0 Å². The number of halogens is 1. The van der Waals surface area contributed by atoms with Gasteiger partial charge in [-0.1, -0.05) is 60.1 Å². The summed E-state index contributed by atoms with van der Waals surface area (Å²) in [6.45, 7) is 0.623. The second-order valence-corrected chi connectivity index (χ2v) is 4.72. The van der Waals surface area contributed by atoms with Crippen molar-refractivity contribution in [2.45, 2.75) is 6.54 Å². The summed E-state index contributed by atoms with van der Waals surface area (Å²) in [6, 6.07) is 19.6. The highest BCUT2D eigenvalue weighted by Crippen LogP contribution is 2.29. The quantitative estimate of drug-likeness (QED) is 0.711. The molecule has 0 aliphatic carbocycles. The Kier molecular flexibility index (Phi) is 3.70. The molecule has 0 spiro atoms. The monoisotopic (exact) mass is 284 g/mol. The first-order valence-corrected chi connectivity index (χ1v) is 6.69. The van der Waals surface area contributed by atoms with Crippen LogP contribution in [0.3, 0.4) is 0 Å². The summed E-state index contributed by atoms with van der Waals surface area (Å²) in [7, 11) is 0. The van der Waals surface area contributed by atoms with Crippen LogP contribution in [0.1, 0.15) is 5.56 Å². The summed E-state index contributed by atoms with van der Waals surface area (Å²) < 4.78 is 7.43. The molecule has 0 saturated heterocycles. The number of benzene rings is 2. The molecule has 2 aromatic carbocycles. The molecule has 100 valence electrons. The number of hydrogen-bond donors (Lipinski definition) is 0. The summed E-state index contributed by atoms with van der Waals surface area (Å²) in [5, 5.41) is 4.76. The van der Waals surface area contributed by atoms with Crippen LogP contribution in [0.4, 0.5) is 0 Å². The van der Waals surface area contributed by atoms with Gasteiger partial charge in [-0.2, -0.15) is 5.10 Å². The van der Waals surface area contributed by atoms with Crippen LogP contribution < -0.4 is 4.74 Å². The molecule has 0 unspecified atom stereocenters. The van der Waals surface area contributed by atoms with E-state index in [-0.39, 0.29) is 0 Å². The van der Waals surface area contributed by atoms with Gasteiger partial charge in [-0.05, 0) is 17.7 Å². The molecule has 0 fully saturated rings. The SMILES string of the molecule is Clc1c(Oc2ccccc2)cnn1Cc1ccccc1. The lowest BCUT2D eigenvalue weighted by Crippen LogP contribution is -2.01. The van der Waals surface area contributed by atoms with Gasteiger partial charge in [-0.25, -0.2) is 4.68 Å². The van der Waals surface area contributed by atoms with E-state index >= 15 is 0 Å². The van der Waals surface area contributed by atoms with Gasteiger partial charge in [0.1, 0.15) is 5.75 Å². The minimum atomic E-state index is 0.498. The molecule has 0 amide bonds. The molecule has 0 radical (unpaired) electrons. The molecule has 1 aromatic heterocycles. The molecule has 3 nitrogen and oxygen atoms in total. The third kappa shape index (κ3) is 2.83. The van der Waals surface area contributed by atoms with Crippen LogP contribution in [0.5, 0.6) is 11.5 Å². The molecular formula is C16H13ClN2O. The summed E-state index contributed by atoms with van der Waals surface area (Å²) in [6.07, 6.45) is 1.64. The van der Waals surface area contributed by atoms with E-state index in [0.29, 0.717) is 17.4 Å². The number of ether oxygens (including phenoxy) is 1. The number of rotatable bonds is 4. The predicted octanol–water partition coefficient (Wildman–Crippen LogP) is 4.38. The van der Waals surface area contributed by atoms with Crippen molar-refractivity contribution < 1.29 is 4.74 Å². The zero-order valence-corrected chi connectivity index (χ0v) is 11.5. The first-order chi connectivity index (χ1) is 9.83. The molecular weight excluding hydrogens is 272 g/mol. The van der Waals surface area contributed by atoms with Gasteiger partial charge in [0.2, 0.25) is 0 Å². The fourth-order valence-electron chi connectivity index (χ4n) is 1.90. The van der Waals surface area contributed by atoms with E-state index in [1.807, 2.05) is 60.7 Å². The van der Waals surface area contributed by atoms with Crippen molar-refractivity contribution >= 4 is 11.6 Å². The Labute approximate surface area is 122 Å². The average molecular weight is 285 g/mol. The van der Waals surface area contributed by atoms with Crippen LogP contribution >= 0.6 is 11.6 Å². The Morgan fingerprint density at radius 2 is 1.60 bits per heavy atom. The molecule has 0 bridgehead atoms. The van der Waals surface area contributed by atoms with Crippen molar-refractivity contribution in [3.05, 3.63) is 77.6 Å². The summed E-state index contributed by atoms with van der Waals surface area (Å²) in [5.41, 5.74) is 1.14. The Hall–Kier alpha value is -2.26. The van der Waals surface area contributed by atoms with E-state index in [4.69, 9.17) is 16.3 Å². The molecule has 1 heterocycles. The van der Waals surface area contributed by atoms with Gasteiger partial charge in [0, 0.05) is 0 Å². The molecule has 20 heavy (non-hydrogen) atoms. The molecule has 0 N–H and O–H groups in total. The molecule has 3 rings (SSSR count). The topological polar surface area (TPSA) is 27.1 Å². The maximum Gasteiger partial charge on any atom is 0.184 e. The zero-order valence-electron chi connectivity index (χ0n) is 10.7. The largest absolute Gasteiger partial charge is 0.452 e. The maximum atomic E-state index is 6.30. The number of para-hydroxylation sites is 1.